The molecule has 0 aliphatic carbocycles. The number of ether oxygens (including phenoxy) is 2. The molecule has 0 spiro atoms. The highest BCUT2D eigenvalue weighted by Gasteiger charge is 2.36. The number of methoxy groups -OCH3 is 2. The number of anilines is 1. The largest absolute Gasteiger partial charge is 0.495 e. The van der Waals surface area contributed by atoms with Crippen LogP contribution in [0.5, 0.6) is 11.5 Å². The van der Waals surface area contributed by atoms with Gasteiger partial charge in [-0.1, -0.05) is 23.7 Å². The van der Waals surface area contributed by atoms with E-state index in [0.717, 1.165) is 11.4 Å². The molecule has 2 saturated heterocycles. The summed E-state index contributed by atoms with van der Waals surface area (Å²) < 4.78 is 38.4. The first-order chi connectivity index (χ1) is 16.3. The molecule has 0 N–H and O–H groups in total. The maximum absolute atomic E-state index is 13.3. The van der Waals surface area contributed by atoms with Crippen molar-refractivity contribution < 1.29 is 22.7 Å². The smallest absolute Gasteiger partial charge is 0.243 e. The summed E-state index contributed by atoms with van der Waals surface area (Å²) in [6, 6.07) is 12.3. The van der Waals surface area contributed by atoms with Gasteiger partial charge in [0.25, 0.3) is 0 Å². The van der Waals surface area contributed by atoms with Gasteiger partial charge in [-0.15, -0.1) is 0 Å². The average molecular weight is 508 g/mol. The average Bonchev–Trinajstić information content (AvgIpc) is 2.88. The fourth-order valence-electron chi connectivity index (χ4n) is 4.64. The number of carbonyl (C=O) groups excluding carboxylic acids is 1. The van der Waals surface area contributed by atoms with E-state index in [1.54, 1.807) is 13.2 Å². The van der Waals surface area contributed by atoms with E-state index < -0.39 is 10.0 Å². The van der Waals surface area contributed by atoms with Crippen LogP contribution < -0.4 is 14.4 Å². The molecular weight excluding hydrogens is 478 g/mol. The van der Waals surface area contributed by atoms with Crippen LogP contribution in [-0.2, 0) is 14.8 Å². The van der Waals surface area contributed by atoms with Crippen LogP contribution in [0.1, 0.15) is 12.8 Å². The van der Waals surface area contributed by atoms with Crippen LogP contribution in [0.3, 0.4) is 0 Å². The van der Waals surface area contributed by atoms with Gasteiger partial charge < -0.3 is 19.3 Å². The lowest BCUT2D eigenvalue weighted by molar-refractivity contribution is -0.137. The van der Waals surface area contributed by atoms with E-state index in [9.17, 15) is 13.2 Å². The molecule has 184 valence electrons. The second-order valence-electron chi connectivity index (χ2n) is 8.48. The standard InChI is InChI=1S/C24H30ClN3O5S/c1-32-22-10-9-19(16-20(22)25)34(30,31)28-11-5-6-18(17-28)24(29)27-14-12-26(13-15-27)21-7-3-4-8-23(21)33-2/h3-4,7-10,16,18H,5-6,11-15,17H2,1-2H3/t18-/m1/s1. The third-order valence-corrected chi connectivity index (χ3v) is 8.67. The summed E-state index contributed by atoms with van der Waals surface area (Å²) in [6.45, 7) is 3.15. The van der Waals surface area contributed by atoms with Crippen LogP contribution >= 0.6 is 11.6 Å². The molecule has 4 rings (SSSR count). The molecule has 2 heterocycles. The quantitative estimate of drug-likeness (QED) is 0.598. The molecule has 0 bridgehead atoms. The molecule has 2 aromatic carbocycles. The van der Waals surface area contributed by atoms with E-state index in [0.29, 0.717) is 51.3 Å². The van der Waals surface area contributed by atoms with Crippen molar-refractivity contribution in [2.24, 2.45) is 5.92 Å². The van der Waals surface area contributed by atoms with Crippen molar-refractivity contribution in [2.45, 2.75) is 17.7 Å². The van der Waals surface area contributed by atoms with E-state index in [1.165, 1.54) is 23.5 Å². The predicted molar refractivity (Wildman–Crippen MR) is 131 cm³/mol. The summed E-state index contributed by atoms with van der Waals surface area (Å²) in [5.41, 5.74) is 1.02. The first-order valence-electron chi connectivity index (χ1n) is 11.4. The number of benzene rings is 2. The van der Waals surface area contributed by atoms with Gasteiger partial charge in [-0.05, 0) is 43.2 Å². The maximum Gasteiger partial charge on any atom is 0.243 e. The maximum atomic E-state index is 13.3. The van der Waals surface area contributed by atoms with Crippen LogP contribution in [-0.4, -0.2) is 77.0 Å². The molecule has 8 nitrogen and oxygen atoms in total. The molecule has 2 fully saturated rings. The summed E-state index contributed by atoms with van der Waals surface area (Å²) in [4.78, 5) is 17.5. The Labute approximate surface area is 206 Å². The Hall–Kier alpha value is -2.49. The SMILES string of the molecule is COc1ccc(S(=O)(=O)N2CCC[C@@H](C(=O)N3CCN(c4ccccc4OC)CC3)C2)cc1Cl. The minimum atomic E-state index is -3.76. The van der Waals surface area contributed by atoms with Crippen molar-refractivity contribution in [3.8, 4) is 11.5 Å². The second-order valence-corrected chi connectivity index (χ2v) is 10.8. The molecule has 2 aliphatic heterocycles. The number of para-hydroxylation sites is 2. The van der Waals surface area contributed by atoms with Crippen LogP contribution in [0.15, 0.2) is 47.4 Å². The van der Waals surface area contributed by atoms with Gasteiger partial charge in [-0.2, -0.15) is 4.31 Å². The summed E-state index contributed by atoms with van der Waals surface area (Å²) >= 11 is 6.15. The molecule has 0 aromatic heterocycles. The van der Waals surface area contributed by atoms with E-state index in [2.05, 4.69) is 4.90 Å². The third-order valence-electron chi connectivity index (χ3n) is 6.51. The third kappa shape index (κ3) is 4.96. The summed E-state index contributed by atoms with van der Waals surface area (Å²) in [5, 5.41) is 0.237. The van der Waals surface area contributed by atoms with Gasteiger partial charge in [0.05, 0.1) is 35.7 Å². The van der Waals surface area contributed by atoms with Gasteiger partial charge in [-0.3, -0.25) is 4.79 Å². The predicted octanol–water partition coefficient (Wildman–Crippen LogP) is 3.11. The van der Waals surface area contributed by atoms with E-state index >= 15 is 0 Å². The lowest BCUT2D eigenvalue weighted by Gasteiger charge is -2.39. The van der Waals surface area contributed by atoms with E-state index in [1.807, 2.05) is 29.2 Å². The fraction of sp³-hybridized carbons (Fsp3) is 0.458. The number of carbonyl (C=O) groups is 1. The number of nitrogens with zero attached hydrogens (tertiary/aromatic N) is 3. The molecule has 1 atom stereocenters. The molecule has 0 radical (unpaired) electrons. The number of piperazine rings is 1. The van der Waals surface area contributed by atoms with Gasteiger partial charge >= 0.3 is 0 Å². The van der Waals surface area contributed by atoms with E-state index in [4.69, 9.17) is 21.1 Å². The highest BCUT2D eigenvalue weighted by molar-refractivity contribution is 7.89. The monoisotopic (exact) mass is 507 g/mol. The van der Waals surface area contributed by atoms with Crippen molar-refractivity contribution in [1.29, 1.82) is 0 Å². The van der Waals surface area contributed by atoms with Crippen LogP contribution in [0.4, 0.5) is 5.69 Å². The number of hydrogen-bond donors (Lipinski definition) is 0. The van der Waals surface area contributed by atoms with Crippen LogP contribution in [0.2, 0.25) is 5.02 Å². The van der Waals surface area contributed by atoms with Crippen molar-refractivity contribution in [1.82, 2.24) is 9.21 Å². The van der Waals surface area contributed by atoms with Crippen molar-refractivity contribution in [3.05, 3.63) is 47.5 Å². The number of sulfonamides is 1. The molecule has 2 aromatic rings. The molecule has 34 heavy (non-hydrogen) atoms. The Bertz CT molecular complexity index is 1140. The minimum absolute atomic E-state index is 0.0207. The van der Waals surface area contributed by atoms with E-state index in [-0.39, 0.29) is 28.3 Å². The zero-order valence-electron chi connectivity index (χ0n) is 19.4. The van der Waals surface area contributed by atoms with Gasteiger partial charge in [0.1, 0.15) is 11.5 Å². The highest BCUT2D eigenvalue weighted by atomic mass is 35.5. The number of piperidine rings is 1. The lowest BCUT2D eigenvalue weighted by atomic mass is 9.97. The summed E-state index contributed by atoms with van der Waals surface area (Å²) in [7, 11) is -0.626. The van der Waals surface area contributed by atoms with Gasteiger partial charge in [0, 0.05) is 39.3 Å². The second kappa shape index (κ2) is 10.4. The Kier molecular flexibility index (Phi) is 7.54. The van der Waals surface area contributed by atoms with Crippen molar-refractivity contribution in [3.63, 3.8) is 0 Å². The molecule has 0 unspecified atom stereocenters. The lowest BCUT2D eigenvalue weighted by Crippen LogP contribution is -2.53. The number of halogens is 1. The van der Waals surface area contributed by atoms with Gasteiger partial charge in [-0.25, -0.2) is 8.42 Å². The first-order valence-corrected chi connectivity index (χ1v) is 13.2. The molecular formula is C24H30ClN3O5S. The minimum Gasteiger partial charge on any atom is -0.495 e. The number of hydrogen-bond acceptors (Lipinski definition) is 6. The zero-order chi connectivity index (χ0) is 24.3. The Morgan fingerprint density at radius 2 is 1.68 bits per heavy atom. The summed E-state index contributed by atoms with van der Waals surface area (Å²) in [6.07, 6.45) is 1.32. The molecule has 2 aliphatic rings. The van der Waals surface area contributed by atoms with Gasteiger partial charge in [0.15, 0.2) is 0 Å². The Morgan fingerprint density at radius 1 is 0.971 bits per heavy atom. The normalized spacial score (nSPS) is 19.7. The van der Waals surface area contributed by atoms with Crippen LogP contribution in [0, 0.1) is 5.92 Å². The van der Waals surface area contributed by atoms with Crippen LogP contribution in [0.25, 0.3) is 0 Å². The zero-order valence-corrected chi connectivity index (χ0v) is 21.0. The van der Waals surface area contributed by atoms with Crippen molar-refractivity contribution in [2.75, 3.05) is 58.4 Å². The Balaban J connectivity index is 1.40. The molecule has 10 heteroatoms. The van der Waals surface area contributed by atoms with Gasteiger partial charge in [0.2, 0.25) is 15.9 Å². The molecule has 1 amide bonds. The highest BCUT2D eigenvalue weighted by Crippen LogP contribution is 2.32. The summed E-state index contributed by atoms with van der Waals surface area (Å²) in [5.74, 6) is 0.899. The topological polar surface area (TPSA) is 79.4 Å². The molecule has 0 saturated carbocycles. The van der Waals surface area contributed by atoms with Crippen molar-refractivity contribution >= 4 is 33.2 Å². The number of rotatable bonds is 6. The first kappa shape index (κ1) is 24.6. The number of amides is 1. The Morgan fingerprint density at radius 3 is 2.35 bits per heavy atom. The fourth-order valence-corrected chi connectivity index (χ4v) is 6.51.